The molecule has 3 aromatic rings. The Labute approximate surface area is 323 Å². The molecule has 0 aliphatic rings. The van der Waals surface area contributed by atoms with E-state index in [9.17, 15) is 0 Å². The first-order chi connectivity index (χ1) is 18.6. The van der Waals surface area contributed by atoms with Crippen LogP contribution in [0.4, 0.5) is 0 Å². The van der Waals surface area contributed by atoms with Crippen molar-refractivity contribution in [3.63, 3.8) is 0 Å². The summed E-state index contributed by atoms with van der Waals surface area (Å²) in [6, 6.07) is 18.3. The SMILES string of the molecule is C.C.C.CC.CC.CC.CC.CC.CCC.CCC.CCc1ccccc1.C[At].Cn1nnc2ccccc21.[CH3-].[CH3][BiH2].[Ti]. The van der Waals surface area contributed by atoms with Gasteiger partial charge in [-0.05, 0) is 24.1 Å². The Morgan fingerprint density at radius 3 is 1.14 bits per heavy atom. The first-order valence-corrected chi connectivity index (χ1v) is 22.3. The van der Waals surface area contributed by atoms with Crippen LogP contribution in [0.5, 0.6) is 0 Å². The first kappa shape index (κ1) is 84.4. The minimum Gasteiger partial charge on any atom is 0 e. The summed E-state index contributed by atoms with van der Waals surface area (Å²) in [4.78, 5) is 0. The van der Waals surface area contributed by atoms with Crippen molar-refractivity contribution < 1.29 is 46.4 Å². The molecule has 0 radical (unpaired) electrons. The molecule has 0 spiro atoms. The third kappa shape index (κ3) is 74.8. The Morgan fingerprint density at radius 2 is 0.884 bits per heavy atom. The molecule has 43 heavy (non-hydrogen) atoms. The molecule has 0 bridgehead atoms. The monoisotopic (exact) mass is 1040 g/mol. The molecule has 1 aromatic heterocycles. The fraction of sp³-hybridized carbons (Fsp3) is 0.649. The van der Waals surface area contributed by atoms with Gasteiger partial charge in [0.25, 0.3) is 0 Å². The van der Waals surface area contributed by atoms with E-state index in [0.29, 0.717) is 0 Å². The molecule has 0 atom stereocenters. The third-order valence-electron chi connectivity index (χ3n) is 2.77. The molecule has 3 rings (SSSR count). The van der Waals surface area contributed by atoms with Crippen LogP contribution in [0.1, 0.15) is 145 Å². The average Bonchev–Trinajstić information content (AvgIpc) is 3.42. The zero-order valence-corrected chi connectivity index (χ0v) is 39.6. The van der Waals surface area contributed by atoms with E-state index in [1.54, 1.807) is 29.4 Å². The van der Waals surface area contributed by atoms with Crippen molar-refractivity contribution in [3.05, 3.63) is 67.6 Å². The average molecular weight is 1040 g/mol. The number of nitrogens with zero attached hydrogens (tertiary/aromatic N) is 3. The number of benzene rings is 2. The van der Waals surface area contributed by atoms with Crippen molar-refractivity contribution in [2.45, 2.75) is 155 Å². The Bertz CT molecular complexity index is 650. The van der Waals surface area contributed by atoms with E-state index in [4.69, 9.17) is 0 Å². The Morgan fingerprint density at radius 1 is 0.605 bits per heavy atom. The number of hydrogen-bond donors (Lipinski definition) is 0. The molecule has 3 nitrogen and oxygen atoms in total. The van der Waals surface area contributed by atoms with E-state index >= 15 is 0 Å². The molecule has 0 aliphatic carbocycles. The van der Waals surface area contributed by atoms with Gasteiger partial charge in [0.1, 0.15) is 5.52 Å². The molecule has 0 saturated carbocycles. The van der Waals surface area contributed by atoms with Crippen molar-refractivity contribution in [2.75, 3.05) is 0 Å². The van der Waals surface area contributed by atoms with E-state index in [-0.39, 0.29) is 51.4 Å². The van der Waals surface area contributed by atoms with Crippen LogP contribution in [0.3, 0.4) is 0 Å². The van der Waals surface area contributed by atoms with Gasteiger partial charge >= 0.3 is 58.7 Å². The molecule has 0 amide bonds. The normalized spacial score (nSPS) is 5.95. The van der Waals surface area contributed by atoms with Gasteiger partial charge in [-0.3, -0.25) is 0 Å². The second-order valence-electron chi connectivity index (χ2n) is 5.46. The fourth-order valence-electron chi connectivity index (χ4n) is 1.70. The summed E-state index contributed by atoms with van der Waals surface area (Å²) >= 11 is 2.89. The minimum absolute atomic E-state index is 0. The molecule has 0 unspecified atom stereocenters. The molecule has 0 aliphatic heterocycles. The standard InChI is InChI=1S/C8H10.C7H7N3.2C3H8.5C2H6.CH3At.3CH4.2CH3.Bi.Ti.2H/c1-2-8-6-4-3-5-7-8;1-10-7-5-3-2-4-6(7)8-9-10;2*1-3-2;6*1-2;;;;;;;;;/h3-7H,2H2,1H3;2-5H,1H3;2*3H2,1-2H3;5*1-2H3;1H3;3*1H4;2*1H3;;;;/q;;;;;;;;;;;;;;-1;;;;. The second-order valence-corrected chi connectivity index (χ2v) is 5.46. The van der Waals surface area contributed by atoms with Gasteiger partial charge in [-0.15, -0.1) is 5.10 Å². The number of para-hydroxylation sites is 1. The van der Waals surface area contributed by atoms with Crippen LogP contribution in [0.25, 0.3) is 11.0 Å². The molecular weight excluding hydrogens is 953 g/mol. The van der Waals surface area contributed by atoms with E-state index in [1.807, 2.05) is 107 Å². The van der Waals surface area contributed by atoms with Crippen molar-refractivity contribution in [2.24, 2.45) is 7.05 Å². The van der Waals surface area contributed by atoms with Crippen LogP contribution in [-0.2, 0) is 35.2 Å². The van der Waals surface area contributed by atoms with Gasteiger partial charge in [-0.2, -0.15) is 0 Å². The van der Waals surface area contributed by atoms with Gasteiger partial charge in [-0.1, -0.05) is 187 Å². The van der Waals surface area contributed by atoms with Crippen LogP contribution in [0.15, 0.2) is 54.6 Å². The summed E-state index contributed by atoms with van der Waals surface area (Å²) < 4.78 is 5.98. The van der Waals surface area contributed by atoms with Crippen LogP contribution in [0, 0.1) is 32.1 Å². The summed E-state index contributed by atoms with van der Waals surface area (Å²) in [5, 5.41) is 7.79. The van der Waals surface area contributed by atoms with Crippen molar-refractivity contribution in [3.8, 4) is 0 Å². The van der Waals surface area contributed by atoms with Gasteiger partial charge in [-0.25, -0.2) is 4.68 Å². The zero-order valence-electron chi connectivity index (χ0n) is 30.6. The molecule has 0 N–H and O–H groups in total. The quantitative estimate of drug-likeness (QED) is 0.180. The third-order valence-corrected chi connectivity index (χ3v) is 2.77. The number of aromatic nitrogens is 3. The van der Waals surface area contributed by atoms with E-state index < -0.39 is 0 Å². The van der Waals surface area contributed by atoms with E-state index in [2.05, 4.69) is 78.5 Å². The maximum absolute atomic E-state index is 3.93. The Balaban J connectivity index is -0.0000000227. The van der Waals surface area contributed by atoms with Crippen molar-refractivity contribution in [1.29, 1.82) is 0 Å². The predicted molar refractivity (Wildman–Crippen MR) is 210 cm³/mol. The first-order valence-electron chi connectivity index (χ1n) is 14.9. The molecular formula is C37H86AtBiN3Ti-. The predicted octanol–water partition coefficient (Wildman–Crippen LogP) is 13.8. The smallest absolute Gasteiger partial charge is 0 e. The fourth-order valence-corrected chi connectivity index (χ4v) is 1.70. The molecule has 2 aromatic carbocycles. The maximum atomic E-state index is 3.93. The topological polar surface area (TPSA) is 30.7 Å². The van der Waals surface area contributed by atoms with Crippen LogP contribution in [0.2, 0.25) is 9.26 Å². The number of hydrogen-bond acceptors (Lipinski definition) is 2. The van der Waals surface area contributed by atoms with Crippen LogP contribution >= 0.6 is 0 Å². The number of fused-ring (bicyclic) bond motifs is 1. The maximum Gasteiger partial charge on any atom is 0 e. The van der Waals surface area contributed by atoms with E-state index in [1.165, 1.54) is 43.1 Å². The largest absolute Gasteiger partial charge is 0 e. The van der Waals surface area contributed by atoms with Gasteiger partial charge < -0.3 is 7.43 Å². The molecule has 6 heteroatoms. The summed E-state index contributed by atoms with van der Waals surface area (Å²) in [6.45, 7) is 30.7. The Kier molecular flexibility index (Phi) is 205. The zero-order chi connectivity index (χ0) is 32.2. The number of rotatable bonds is 1. The van der Waals surface area contributed by atoms with Gasteiger partial charge in [0.05, 0.1) is 5.52 Å². The summed E-state index contributed by atoms with van der Waals surface area (Å²) in [6.07, 6.45) is 3.64. The summed E-state index contributed by atoms with van der Waals surface area (Å²) in [5.74, 6) is 0. The van der Waals surface area contributed by atoms with Crippen molar-refractivity contribution in [1.82, 2.24) is 15.0 Å². The second kappa shape index (κ2) is 104. The summed E-state index contributed by atoms with van der Waals surface area (Å²) in [5.41, 5.74) is 3.43. The molecule has 0 fully saturated rings. The van der Waals surface area contributed by atoms with Gasteiger partial charge in [0.15, 0.2) is 0 Å². The van der Waals surface area contributed by atoms with Gasteiger partial charge in [0, 0.05) is 28.8 Å². The number of aryl methyl sites for hydroxylation is 2. The molecule has 266 valence electrons. The molecule has 1 heterocycles. The molecule has 0 saturated heterocycles. The minimum atomic E-state index is 0. The van der Waals surface area contributed by atoms with Crippen LogP contribution in [-0.4, -0.2) is 39.7 Å². The van der Waals surface area contributed by atoms with Gasteiger partial charge in [0.2, 0.25) is 0 Å². The Hall–Kier alpha value is 0.321. The van der Waals surface area contributed by atoms with E-state index in [0.717, 1.165) is 17.5 Å². The van der Waals surface area contributed by atoms with Crippen molar-refractivity contribution >= 4 is 35.8 Å². The van der Waals surface area contributed by atoms with Crippen LogP contribution < -0.4 is 0 Å². The summed E-state index contributed by atoms with van der Waals surface area (Å²) in [7, 11) is 1.88.